The van der Waals surface area contributed by atoms with E-state index in [1.165, 1.54) is 5.56 Å². The summed E-state index contributed by atoms with van der Waals surface area (Å²) in [5, 5.41) is 4.41. The van der Waals surface area contributed by atoms with Crippen molar-refractivity contribution in [3.63, 3.8) is 0 Å². The molecule has 2 aromatic carbocycles. The molecule has 1 N–H and O–H groups in total. The van der Waals surface area contributed by atoms with Crippen molar-refractivity contribution in [3.8, 4) is 5.75 Å². The summed E-state index contributed by atoms with van der Waals surface area (Å²) in [6.07, 6.45) is 0. The molecule has 0 spiro atoms. The Morgan fingerprint density at radius 1 is 1.10 bits per heavy atom. The Morgan fingerprint density at radius 3 is 2.50 bits per heavy atom. The molecule has 0 unspecified atom stereocenters. The van der Waals surface area contributed by atoms with Crippen LogP contribution in [0, 0.1) is 6.92 Å². The SMILES string of the molecule is COc1ccccc1CN/N=C(\C)c1ccc(C)cc1. The highest BCUT2D eigenvalue weighted by atomic mass is 16.5. The normalized spacial score (nSPS) is 11.2. The summed E-state index contributed by atoms with van der Waals surface area (Å²) in [7, 11) is 1.68. The van der Waals surface area contributed by atoms with Gasteiger partial charge in [0, 0.05) is 5.56 Å². The van der Waals surface area contributed by atoms with Gasteiger partial charge in [0.25, 0.3) is 0 Å². The van der Waals surface area contributed by atoms with Gasteiger partial charge in [0.15, 0.2) is 0 Å². The summed E-state index contributed by atoms with van der Waals surface area (Å²) in [5.41, 5.74) is 7.54. The van der Waals surface area contributed by atoms with E-state index in [1.807, 2.05) is 31.2 Å². The molecule has 0 bridgehead atoms. The van der Waals surface area contributed by atoms with E-state index in [0.29, 0.717) is 6.54 Å². The smallest absolute Gasteiger partial charge is 0.123 e. The number of hydrogen-bond donors (Lipinski definition) is 1. The van der Waals surface area contributed by atoms with Crippen molar-refractivity contribution in [1.29, 1.82) is 0 Å². The minimum atomic E-state index is 0.646. The summed E-state index contributed by atoms with van der Waals surface area (Å²) in [6, 6.07) is 16.3. The zero-order valence-electron chi connectivity index (χ0n) is 12.2. The molecule has 2 rings (SSSR count). The van der Waals surface area contributed by atoms with Crippen LogP contribution in [0.2, 0.25) is 0 Å². The maximum atomic E-state index is 5.31. The molecule has 0 amide bonds. The summed E-state index contributed by atoms with van der Waals surface area (Å²) in [6.45, 7) is 4.73. The Hall–Kier alpha value is -2.29. The van der Waals surface area contributed by atoms with Crippen LogP contribution in [-0.2, 0) is 6.54 Å². The Morgan fingerprint density at radius 2 is 1.80 bits per heavy atom. The third-order valence-electron chi connectivity index (χ3n) is 3.18. The number of hydrazone groups is 1. The van der Waals surface area contributed by atoms with Crippen molar-refractivity contribution in [2.24, 2.45) is 5.10 Å². The topological polar surface area (TPSA) is 33.6 Å². The van der Waals surface area contributed by atoms with Crippen LogP contribution in [0.15, 0.2) is 53.6 Å². The fourth-order valence-electron chi connectivity index (χ4n) is 1.95. The van der Waals surface area contributed by atoms with E-state index in [4.69, 9.17) is 4.74 Å². The van der Waals surface area contributed by atoms with Crippen molar-refractivity contribution in [2.75, 3.05) is 7.11 Å². The van der Waals surface area contributed by atoms with Crippen molar-refractivity contribution < 1.29 is 4.74 Å². The van der Waals surface area contributed by atoms with Gasteiger partial charge in [-0.25, -0.2) is 0 Å². The predicted octanol–water partition coefficient (Wildman–Crippen LogP) is 3.52. The minimum Gasteiger partial charge on any atom is -0.496 e. The number of rotatable bonds is 5. The molecule has 3 heteroatoms. The Balaban J connectivity index is 2.00. The van der Waals surface area contributed by atoms with Crippen molar-refractivity contribution >= 4 is 5.71 Å². The second-order valence-electron chi connectivity index (χ2n) is 4.71. The number of para-hydroxylation sites is 1. The van der Waals surface area contributed by atoms with Gasteiger partial charge in [-0.15, -0.1) is 0 Å². The van der Waals surface area contributed by atoms with Gasteiger partial charge in [-0.1, -0.05) is 48.0 Å². The molecule has 0 aliphatic heterocycles. The molecule has 104 valence electrons. The Bertz CT molecular complexity index is 588. The fraction of sp³-hybridized carbons (Fsp3) is 0.235. The monoisotopic (exact) mass is 268 g/mol. The van der Waals surface area contributed by atoms with Gasteiger partial charge >= 0.3 is 0 Å². The van der Waals surface area contributed by atoms with Crippen LogP contribution in [-0.4, -0.2) is 12.8 Å². The highest BCUT2D eigenvalue weighted by Crippen LogP contribution is 2.16. The number of nitrogens with zero attached hydrogens (tertiary/aromatic N) is 1. The van der Waals surface area contributed by atoms with Crippen LogP contribution < -0.4 is 10.2 Å². The largest absolute Gasteiger partial charge is 0.496 e. The van der Waals surface area contributed by atoms with Crippen LogP contribution in [0.1, 0.15) is 23.6 Å². The maximum absolute atomic E-state index is 5.31. The third kappa shape index (κ3) is 3.60. The molecule has 0 saturated carbocycles. The number of aryl methyl sites for hydroxylation is 1. The van der Waals surface area contributed by atoms with Gasteiger partial charge in [-0.2, -0.15) is 5.10 Å². The van der Waals surface area contributed by atoms with E-state index in [-0.39, 0.29) is 0 Å². The summed E-state index contributed by atoms with van der Waals surface area (Å²) < 4.78 is 5.31. The van der Waals surface area contributed by atoms with Crippen molar-refractivity contribution in [1.82, 2.24) is 5.43 Å². The lowest BCUT2D eigenvalue weighted by Crippen LogP contribution is -2.10. The van der Waals surface area contributed by atoms with Crippen LogP contribution in [0.4, 0.5) is 0 Å². The van der Waals surface area contributed by atoms with Gasteiger partial charge in [-0.3, -0.25) is 0 Å². The van der Waals surface area contributed by atoms with Crippen LogP contribution in [0.5, 0.6) is 5.75 Å². The molecule has 0 saturated heterocycles. The standard InChI is InChI=1S/C17H20N2O/c1-13-8-10-15(11-9-13)14(2)19-18-12-16-6-4-5-7-17(16)20-3/h4-11,18H,12H2,1-3H3/b19-14+. The lowest BCUT2D eigenvalue weighted by Gasteiger charge is -2.08. The molecular weight excluding hydrogens is 248 g/mol. The summed E-state index contributed by atoms with van der Waals surface area (Å²) in [4.78, 5) is 0. The second-order valence-corrected chi connectivity index (χ2v) is 4.71. The molecule has 0 fully saturated rings. The molecule has 20 heavy (non-hydrogen) atoms. The van der Waals surface area contributed by atoms with Crippen LogP contribution >= 0.6 is 0 Å². The quantitative estimate of drug-likeness (QED) is 0.665. The fourth-order valence-corrected chi connectivity index (χ4v) is 1.95. The zero-order valence-corrected chi connectivity index (χ0v) is 12.2. The van der Waals surface area contributed by atoms with E-state index in [2.05, 4.69) is 41.7 Å². The van der Waals surface area contributed by atoms with E-state index in [0.717, 1.165) is 22.6 Å². The summed E-state index contributed by atoms with van der Waals surface area (Å²) in [5.74, 6) is 0.878. The van der Waals surface area contributed by atoms with Gasteiger partial charge in [-0.05, 0) is 25.5 Å². The highest BCUT2D eigenvalue weighted by molar-refractivity contribution is 5.98. The number of benzene rings is 2. The minimum absolute atomic E-state index is 0.646. The average Bonchev–Trinajstić information content (AvgIpc) is 2.48. The molecule has 0 aliphatic rings. The van der Waals surface area contributed by atoms with Gasteiger partial charge in [0.2, 0.25) is 0 Å². The first-order valence-corrected chi connectivity index (χ1v) is 6.67. The van der Waals surface area contributed by atoms with Gasteiger partial charge < -0.3 is 10.2 Å². The highest BCUT2D eigenvalue weighted by Gasteiger charge is 2.00. The molecular formula is C17H20N2O. The molecule has 3 nitrogen and oxygen atoms in total. The molecule has 0 heterocycles. The Labute approximate surface area is 120 Å². The number of ether oxygens (including phenoxy) is 1. The first-order valence-electron chi connectivity index (χ1n) is 6.67. The van der Waals surface area contributed by atoms with Crippen molar-refractivity contribution in [3.05, 3.63) is 65.2 Å². The lowest BCUT2D eigenvalue weighted by atomic mass is 10.1. The lowest BCUT2D eigenvalue weighted by molar-refractivity contribution is 0.408. The van der Waals surface area contributed by atoms with Gasteiger partial charge in [0.05, 0.1) is 19.4 Å². The number of nitrogens with one attached hydrogen (secondary N) is 1. The third-order valence-corrected chi connectivity index (χ3v) is 3.18. The van der Waals surface area contributed by atoms with E-state index in [1.54, 1.807) is 7.11 Å². The number of hydrogen-bond acceptors (Lipinski definition) is 3. The van der Waals surface area contributed by atoms with Crippen LogP contribution in [0.25, 0.3) is 0 Å². The molecule has 0 atom stereocenters. The van der Waals surface area contributed by atoms with Gasteiger partial charge in [0.1, 0.15) is 5.75 Å². The molecule has 0 aromatic heterocycles. The van der Waals surface area contributed by atoms with Crippen LogP contribution in [0.3, 0.4) is 0 Å². The average molecular weight is 268 g/mol. The summed E-state index contributed by atoms with van der Waals surface area (Å²) >= 11 is 0. The Kier molecular flexibility index (Phi) is 4.77. The molecule has 0 radical (unpaired) electrons. The second kappa shape index (κ2) is 6.75. The maximum Gasteiger partial charge on any atom is 0.123 e. The predicted molar refractivity (Wildman–Crippen MR) is 83.2 cm³/mol. The van der Waals surface area contributed by atoms with E-state index >= 15 is 0 Å². The van der Waals surface area contributed by atoms with E-state index in [9.17, 15) is 0 Å². The number of methoxy groups -OCH3 is 1. The molecule has 0 aliphatic carbocycles. The van der Waals surface area contributed by atoms with Crippen molar-refractivity contribution in [2.45, 2.75) is 20.4 Å². The molecule has 2 aromatic rings. The zero-order chi connectivity index (χ0) is 14.4. The first kappa shape index (κ1) is 14.1. The van der Waals surface area contributed by atoms with E-state index < -0.39 is 0 Å². The first-order chi connectivity index (χ1) is 9.70.